The molecule has 0 heterocycles. The molecule has 1 aliphatic carbocycles. The molecule has 1 fully saturated rings. The van der Waals surface area contributed by atoms with Crippen LogP contribution < -0.4 is 5.73 Å². The summed E-state index contributed by atoms with van der Waals surface area (Å²) in [5.74, 6) is 0.864. The first kappa shape index (κ1) is 11.0. The third-order valence-corrected chi connectivity index (χ3v) is 3.23. The highest BCUT2D eigenvalue weighted by Crippen LogP contribution is 2.23. The largest absolute Gasteiger partial charge is 0.328 e. The first-order chi connectivity index (χ1) is 6.26. The molecule has 1 rings (SSSR count). The van der Waals surface area contributed by atoms with E-state index >= 15 is 0 Å². The number of hydrogen-bond acceptors (Lipinski definition) is 2. The first-order valence-corrected chi connectivity index (χ1v) is 5.74. The predicted octanol–water partition coefficient (Wildman–Crippen LogP) is 1.85. The smallest absolute Gasteiger partial charge is 0.00419 e. The molecule has 2 N–H and O–H groups in total. The summed E-state index contributed by atoms with van der Waals surface area (Å²) < 4.78 is 0. The Kier molecular flexibility index (Phi) is 4.74. The summed E-state index contributed by atoms with van der Waals surface area (Å²) in [5, 5.41) is 0. The first-order valence-electron chi connectivity index (χ1n) is 5.74. The maximum absolute atomic E-state index is 5.97. The third kappa shape index (κ3) is 3.65. The van der Waals surface area contributed by atoms with Gasteiger partial charge in [-0.3, -0.25) is 0 Å². The van der Waals surface area contributed by atoms with Crippen LogP contribution in [0.3, 0.4) is 0 Å². The summed E-state index contributed by atoms with van der Waals surface area (Å²) in [5.41, 5.74) is 5.97. The SMILES string of the molecule is CCN(CC)CC1CCCC(N)C1. The fraction of sp³-hybridized carbons (Fsp3) is 1.00. The van der Waals surface area contributed by atoms with E-state index in [0.717, 1.165) is 5.92 Å². The van der Waals surface area contributed by atoms with Crippen molar-refractivity contribution in [2.24, 2.45) is 11.7 Å². The molecule has 0 spiro atoms. The molecule has 0 amide bonds. The molecule has 2 atom stereocenters. The second-order valence-electron chi connectivity index (χ2n) is 4.28. The van der Waals surface area contributed by atoms with E-state index in [1.807, 2.05) is 0 Å². The Morgan fingerprint density at radius 3 is 2.46 bits per heavy atom. The van der Waals surface area contributed by atoms with Crippen LogP contribution in [0.2, 0.25) is 0 Å². The molecule has 0 aliphatic heterocycles. The van der Waals surface area contributed by atoms with Gasteiger partial charge < -0.3 is 10.6 Å². The van der Waals surface area contributed by atoms with Gasteiger partial charge in [-0.25, -0.2) is 0 Å². The molecule has 0 aromatic rings. The van der Waals surface area contributed by atoms with Crippen molar-refractivity contribution in [3.05, 3.63) is 0 Å². The van der Waals surface area contributed by atoms with Gasteiger partial charge in [-0.1, -0.05) is 20.3 Å². The van der Waals surface area contributed by atoms with Crippen LogP contribution in [0.4, 0.5) is 0 Å². The Morgan fingerprint density at radius 2 is 1.92 bits per heavy atom. The van der Waals surface area contributed by atoms with Crippen molar-refractivity contribution in [2.75, 3.05) is 19.6 Å². The minimum absolute atomic E-state index is 0.481. The van der Waals surface area contributed by atoms with E-state index in [0.29, 0.717) is 6.04 Å². The molecular weight excluding hydrogens is 160 g/mol. The van der Waals surface area contributed by atoms with Crippen LogP contribution in [-0.4, -0.2) is 30.6 Å². The fourth-order valence-electron chi connectivity index (χ4n) is 2.35. The van der Waals surface area contributed by atoms with Gasteiger partial charge in [0.05, 0.1) is 0 Å². The summed E-state index contributed by atoms with van der Waals surface area (Å²) >= 11 is 0. The lowest BCUT2D eigenvalue weighted by atomic mass is 9.86. The van der Waals surface area contributed by atoms with Gasteiger partial charge in [0.2, 0.25) is 0 Å². The normalized spacial score (nSPS) is 29.5. The van der Waals surface area contributed by atoms with E-state index in [-0.39, 0.29) is 0 Å². The number of hydrogen-bond donors (Lipinski definition) is 1. The molecule has 1 saturated carbocycles. The van der Waals surface area contributed by atoms with Gasteiger partial charge in [0, 0.05) is 12.6 Å². The van der Waals surface area contributed by atoms with E-state index in [2.05, 4.69) is 18.7 Å². The van der Waals surface area contributed by atoms with Gasteiger partial charge in [-0.05, 0) is 38.3 Å². The molecule has 0 saturated heterocycles. The standard InChI is InChI=1S/C11H24N2/c1-3-13(4-2)9-10-6-5-7-11(12)8-10/h10-11H,3-9,12H2,1-2H3. The molecule has 0 bridgehead atoms. The average molecular weight is 184 g/mol. The quantitative estimate of drug-likeness (QED) is 0.722. The fourth-order valence-corrected chi connectivity index (χ4v) is 2.35. The maximum Gasteiger partial charge on any atom is 0.00419 e. The lowest BCUT2D eigenvalue weighted by Gasteiger charge is -2.30. The number of nitrogens with zero attached hydrogens (tertiary/aromatic N) is 1. The molecule has 2 heteroatoms. The van der Waals surface area contributed by atoms with Crippen LogP contribution in [0.1, 0.15) is 39.5 Å². The predicted molar refractivity (Wildman–Crippen MR) is 57.7 cm³/mol. The van der Waals surface area contributed by atoms with Gasteiger partial charge in [-0.15, -0.1) is 0 Å². The topological polar surface area (TPSA) is 29.3 Å². The number of nitrogens with two attached hydrogens (primary N) is 1. The van der Waals surface area contributed by atoms with Gasteiger partial charge >= 0.3 is 0 Å². The van der Waals surface area contributed by atoms with Crippen molar-refractivity contribution in [3.8, 4) is 0 Å². The van der Waals surface area contributed by atoms with E-state index in [4.69, 9.17) is 5.73 Å². The summed E-state index contributed by atoms with van der Waals surface area (Å²) in [4.78, 5) is 2.52. The van der Waals surface area contributed by atoms with Gasteiger partial charge in [0.25, 0.3) is 0 Å². The highest BCUT2D eigenvalue weighted by Gasteiger charge is 2.20. The third-order valence-electron chi connectivity index (χ3n) is 3.23. The van der Waals surface area contributed by atoms with Crippen LogP contribution in [0.5, 0.6) is 0 Å². The second-order valence-corrected chi connectivity index (χ2v) is 4.28. The zero-order valence-electron chi connectivity index (χ0n) is 9.13. The van der Waals surface area contributed by atoms with Crippen LogP contribution in [-0.2, 0) is 0 Å². The van der Waals surface area contributed by atoms with E-state index < -0.39 is 0 Å². The molecule has 78 valence electrons. The lowest BCUT2D eigenvalue weighted by Crippen LogP contribution is -2.35. The van der Waals surface area contributed by atoms with Crippen molar-refractivity contribution in [3.63, 3.8) is 0 Å². The van der Waals surface area contributed by atoms with Crippen LogP contribution in [0.15, 0.2) is 0 Å². The van der Waals surface area contributed by atoms with Crippen molar-refractivity contribution >= 4 is 0 Å². The van der Waals surface area contributed by atoms with Crippen molar-refractivity contribution in [2.45, 2.75) is 45.6 Å². The molecule has 0 aromatic heterocycles. The van der Waals surface area contributed by atoms with Crippen LogP contribution in [0, 0.1) is 5.92 Å². The summed E-state index contributed by atoms with van der Waals surface area (Å²) in [6.45, 7) is 8.11. The van der Waals surface area contributed by atoms with Crippen molar-refractivity contribution < 1.29 is 0 Å². The molecule has 2 nitrogen and oxygen atoms in total. The Balaban J connectivity index is 2.26. The van der Waals surface area contributed by atoms with E-state index in [1.165, 1.54) is 45.3 Å². The molecular formula is C11H24N2. The minimum atomic E-state index is 0.481. The molecule has 0 radical (unpaired) electrons. The number of rotatable bonds is 4. The second kappa shape index (κ2) is 5.61. The highest BCUT2D eigenvalue weighted by atomic mass is 15.1. The van der Waals surface area contributed by atoms with Crippen molar-refractivity contribution in [1.29, 1.82) is 0 Å². The Bertz CT molecular complexity index is 132. The maximum atomic E-state index is 5.97. The van der Waals surface area contributed by atoms with Gasteiger partial charge in [-0.2, -0.15) is 0 Å². The highest BCUT2D eigenvalue weighted by molar-refractivity contribution is 4.77. The summed E-state index contributed by atoms with van der Waals surface area (Å²) in [7, 11) is 0. The summed E-state index contributed by atoms with van der Waals surface area (Å²) in [6, 6.07) is 0.481. The van der Waals surface area contributed by atoms with E-state index in [1.54, 1.807) is 0 Å². The monoisotopic (exact) mass is 184 g/mol. The zero-order chi connectivity index (χ0) is 9.68. The zero-order valence-corrected chi connectivity index (χ0v) is 9.13. The Hall–Kier alpha value is -0.0800. The molecule has 1 aliphatic rings. The van der Waals surface area contributed by atoms with Crippen LogP contribution in [0.25, 0.3) is 0 Å². The average Bonchev–Trinajstić information content (AvgIpc) is 2.14. The van der Waals surface area contributed by atoms with Crippen LogP contribution >= 0.6 is 0 Å². The minimum Gasteiger partial charge on any atom is -0.328 e. The summed E-state index contributed by atoms with van der Waals surface area (Å²) in [6.07, 6.45) is 5.22. The molecule has 13 heavy (non-hydrogen) atoms. The lowest BCUT2D eigenvalue weighted by molar-refractivity contribution is 0.206. The van der Waals surface area contributed by atoms with Gasteiger partial charge in [0.15, 0.2) is 0 Å². The Morgan fingerprint density at radius 1 is 1.23 bits per heavy atom. The van der Waals surface area contributed by atoms with E-state index in [9.17, 15) is 0 Å². The van der Waals surface area contributed by atoms with Gasteiger partial charge in [0.1, 0.15) is 0 Å². The molecule has 2 unspecified atom stereocenters. The van der Waals surface area contributed by atoms with Crippen molar-refractivity contribution in [1.82, 2.24) is 4.90 Å². The molecule has 0 aromatic carbocycles. The Labute approximate surface area is 82.5 Å².